The molecule has 6 rings (SSSR count). The molecule has 4 bridgehead atoms. The first-order chi connectivity index (χ1) is 15.7. The molecular weight excluding hydrogens is 443 g/mol. The van der Waals surface area contributed by atoms with Crippen LogP contribution in [0, 0.1) is 34.4 Å². The predicted octanol–water partition coefficient (Wildman–Crippen LogP) is 2.55. The lowest BCUT2D eigenvalue weighted by Gasteiger charge is -2.62. The van der Waals surface area contributed by atoms with Crippen molar-refractivity contribution < 1.29 is 17.6 Å². The number of rotatable bonds is 7. The number of likely N-dealkylation sites (tertiary alicyclic amines) is 1. The van der Waals surface area contributed by atoms with Gasteiger partial charge in [-0.05, 0) is 92.9 Å². The number of hydrogen-bond acceptors (Lipinski definition) is 5. The minimum atomic E-state index is -3.71. The van der Waals surface area contributed by atoms with Crippen LogP contribution in [0.5, 0.6) is 0 Å². The van der Waals surface area contributed by atoms with E-state index in [2.05, 4.69) is 16.1 Å². The Bertz CT molecular complexity index is 1050. The number of hydrogen-bond donors (Lipinski definition) is 2. The molecule has 0 aromatic heterocycles. The number of carbonyl (C=O) groups excluding carboxylic acids is 1. The maximum absolute atomic E-state index is 13.2. The number of halogens is 1. The molecule has 7 nitrogen and oxygen atoms in total. The van der Waals surface area contributed by atoms with Gasteiger partial charge in [-0.15, -0.1) is 0 Å². The van der Waals surface area contributed by atoms with Crippen LogP contribution in [0.1, 0.15) is 51.4 Å². The topological polar surface area (TPSA) is 102 Å². The molecule has 0 radical (unpaired) electrons. The fourth-order valence-corrected chi connectivity index (χ4v) is 8.53. The summed E-state index contributed by atoms with van der Waals surface area (Å²) in [5, 5.41) is 12.9. The number of nitriles is 1. The second-order valence-corrected chi connectivity index (χ2v) is 12.5. The van der Waals surface area contributed by atoms with Crippen LogP contribution < -0.4 is 10.0 Å². The Morgan fingerprint density at radius 2 is 1.88 bits per heavy atom. The van der Waals surface area contributed by atoms with Gasteiger partial charge in [0.05, 0.1) is 17.5 Å². The van der Waals surface area contributed by atoms with Gasteiger partial charge in [-0.1, -0.05) is 0 Å². The molecule has 1 saturated heterocycles. The van der Waals surface area contributed by atoms with Gasteiger partial charge in [0.15, 0.2) is 0 Å². The molecule has 4 saturated carbocycles. The van der Waals surface area contributed by atoms with Crippen LogP contribution in [0.25, 0.3) is 0 Å². The largest absolute Gasteiger partial charge is 0.326 e. The molecule has 178 valence electrons. The lowest BCUT2D eigenvalue weighted by Crippen LogP contribution is -2.64. The Morgan fingerprint density at radius 3 is 2.55 bits per heavy atom. The summed E-state index contributed by atoms with van der Waals surface area (Å²) in [4.78, 5) is 14.6. The van der Waals surface area contributed by atoms with E-state index in [1.807, 2.05) is 0 Å². The third-order valence-electron chi connectivity index (χ3n) is 8.28. The van der Waals surface area contributed by atoms with E-state index in [-0.39, 0.29) is 34.3 Å². The number of sulfonamides is 1. The smallest absolute Gasteiger partial charge is 0.240 e. The molecular formula is C24H31FN4O3S. The van der Waals surface area contributed by atoms with E-state index in [0.717, 1.165) is 57.1 Å². The van der Waals surface area contributed by atoms with E-state index < -0.39 is 15.8 Å². The third kappa shape index (κ3) is 4.41. The van der Waals surface area contributed by atoms with Crippen molar-refractivity contribution in [2.45, 2.75) is 67.8 Å². The fraction of sp³-hybridized carbons (Fsp3) is 0.667. The predicted molar refractivity (Wildman–Crippen MR) is 120 cm³/mol. The van der Waals surface area contributed by atoms with Gasteiger partial charge in [0.25, 0.3) is 0 Å². The van der Waals surface area contributed by atoms with Crippen molar-refractivity contribution in [1.82, 2.24) is 14.9 Å². The monoisotopic (exact) mass is 474 g/mol. The van der Waals surface area contributed by atoms with Crippen LogP contribution in [-0.4, -0.2) is 50.4 Å². The maximum Gasteiger partial charge on any atom is 0.240 e. The molecule has 3 atom stereocenters. The Labute approximate surface area is 194 Å². The minimum Gasteiger partial charge on any atom is -0.326 e. The number of nitrogens with zero attached hydrogens (tertiary/aromatic N) is 2. The lowest BCUT2D eigenvalue weighted by atomic mass is 9.47. The average molecular weight is 475 g/mol. The molecule has 2 N–H and O–H groups in total. The zero-order valence-corrected chi connectivity index (χ0v) is 19.5. The number of amides is 1. The quantitative estimate of drug-likeness (QED) is 0.632. The van der Waals surface area contributed by atoms with Crippen LogP contribution in [0.2, 0.25) is 0 Å². The molecule has 9 heteroatoms. The van der Waals surface area contributed by atoms with Crippen LogP contribution in [0.4, 0.5) is 4.39 Å². The van der Waals surface area contributed by atoms with Crippen LogP contribution in [-0.2, 0) is 14.8 Å². The molecule has 2 unspecified atom stereocenters. The first-order valence-corrected chi connectivity index (χ1v) is 13.4. The summed E-state index contributed by atoms with van der Waals surface area (Å²) in [6.07, 6.45) is 7.66. The molecule has 5 fully saturated rings. The van der Waals surface area contributed by atoms with Gasteiger partial charge in [-0.25, -0.2) is 17.5 Å². The standard InChI is InChI=1S/C24H31FN4O3S/c25-19-3-5-21(6-4-19)33(31,32)28-16-23-9-17-8-18(10-23)12-24(11-17,15-23)27-14-22(30)29-7-1-2-20(29)13-26/h3-6,17-18,20,27-28H,1-2,7-12,14-16H2/t17?,18?,20-,23?,24?/m0/s1. The molecule has 1 aliphatic heterocycles. The van der Waals surface area contributed by atoms with Crippen LogP contribution >= 0.6 is 0 Å². The normalized spacial score (nSPS) is 35.0. The van der Waals surface area contributed by atoms with Crippen molar-refractivity contribution in [2.24, 2.45) is 17.3 Å². The van der Waals surface area contributed by atoms with Crippen molar-refractivity contribution >= 4 is 15.9 Å². The van der Waals surface area contributed by atoms with Gasteiger partial charge in [0.1, 0.15) is 11.9 Å². The average Bonchev–Trinajstić information content (AvgIpc) is 3.25. The van der Waals surface area contributed by atoms with E-state index in [9.17, 15) is 22.9 Å². The summed E-state index contributed by atoms with van der Waals surface area (Å²) in [5.74, 6) is 0.583. The van der Waals surface area contributed by atoms with Gasteiger partial charge in [0, 0.05) is 18.6 Å². The van der Waals surface area contributed by atoms with E-state index in [4.69, 9.17) is 0 Å². The molecule has 1 aromatic rings. The maximum atomic E-state index is 13.2. The van der Waals surface area contributed by atoms with Gasteiger partial charge < -0.3 is 10.2 Å². The summed E-state index contributed by atoms with van der Waals surface area (Å²) in [6, 6.07) is 6.82. The highest BCUT2D eigenvalue weighted by Gasteiger charge is 2.57. The van der Waals surface area contributed by atoms with E-state index in [1.165, 1.54) is 18.6 Å². The molecule has 1 heterocycles. The zero-order valence-electron chi connectivity index (χ0n) is 18.7. The summed E-state index contributed by atoms with van der Waals surface area (Å²) >= 11 is 0. The molecule has 33 heavy (non-hydrogen) atoms. The molecule has 4 aliphatic carbocycles. The first-order valence-electron chi connectivity index (χ1n) is 11.9. The highest BCUT2D eigenvalue weighted by atomic mass is 32.2. The molecule has 5 aliphatic rings. The second-order valence-electron chi connectivity index (χ2n) is 10.7. The van der Waals surface area contributed by atoms with Crippen molar-refractivity contribution in [3.63, 3.8) is 0 Å². The van der Waals surface area contributed by atoms with Crippen molar-refractivity contribution in [1.29, 1.82) is 5.26 Å². The van der Waals surface area contributed by atoms with Gasteiger partial charge in [-0.2, -0.15) is 5.26 Å². The highest BCUT2D eigenvalue weighted by molar-refractivity contribution is 7.89. The van der Waals surface area contributed by atoms with Crippen molar-refractivity contribution in [2.75, 3.05) is 19.6 Å². The number of nitrogens with one attached hydrogen (secondary N) is 2. The zero-order chi connectivity index (χ0) is 23.3. The highest BCUT2D eigenvalue weighted by Crippen LogP contribution is 2.61. The number of carbonyl (C=O) groups is 1. The summed E-state index contributed by atoms with van der Waals surface area (Å²) < 4.78 is 41.6. The Kier molecular flexibility index (Phi) is 5.74. The summed E-state index contributed by atoms with van der Waals surface area (Å²) in [5.41, 5.74) is -0.279. The van der Waals surface area contributed by atoms with E-state index in [0.29, 0.717) is 24.9 Å². The first kappa shape index (κ1) is 22.8. The van der Waals surface area contributed by atoms with E-state index in [1.54, 1.807) is 4.90 Å². The third-order valence-corrected chi connectivity index (χ3v) is 9.70. The van der Waals surface area contributed by atoms with Gasteiger partial charge in [-0.3, -0.25) is 4.79 Å². The van der Waals surface area contributed by atoms with Crippen molar-refractivity contribution in [3.8, 4) is 6.07 Å². The Morgan fingerprint density at radius 1 is 1.18 bits per heavy atom. The van der Waals surface area contributed by atoms with Crippen LogP contribution in [0.15, 0.2) is 29.2 Å². The fourth-order valence-electron chi connectivity index (χ4n) is 7.38. The SMILES string of the molecule is N#C[C@@H]1CCCN1C(=O)CNC12CC3CC(CC(CNS(=O)(=O)c4ccc(F)cc4)(C3)C1)C2. The Hall–Kier alpha value is -2.02. The van der Waals surface area contributed by atoms with Crippen molar-refractivity contribution in [3.05, 3.63) is 30.1 Å². The van der Waals surface area contributed by atoms with Gasteiger partial charge >= 0.3 is 0 Å². The summed E-state index contributed by atoms with van der Waals surface area (Å²) in [7, 11) is -3.71. The van der Waals surface area contributed by atoms with Gasteiger partial charge in [0.2, 0.25) is 15.9 Å². The summed E-state index contributed by atoms with van der Waals surface area (Å²) in [6.45, 7) is 1.24. The molecule has 1 aromatic carbocycles. The molecule has 0 spiro atoms. The molecule has 1 amide bonds. The Balaban J connectivity index is 1.27. The minimum absolute atomic E-state index is 0.0131. The van der Waals surface area contributed by atoms with E-state index >= 15 is 0 Å². The van der Waals surface area contributed by atoms with Crippen LogP contribution in [0.3, 0.4) is 0 Å². The number of benzene rings is 1. The second kappa shape index (κ2) is 8.33. The lowest BCUT2D eigenvalue weighted by molar-refractivity contribution is -0.132.